The first kappa shape index (κ1) is 13.4. The predicted octanol–water partition coefficient (Wildman–Crippen LogP) is 1.52. The number of imidazole rings is 1. The van der Waals surface area contributed by atoms with Crippen molar-refractivity contribution >= 4 is 11.0 Å². The van der Waals surface area contributed by atoms with Crippen molar-refractivity contribution < 1.29 is 4.74 Å². The van der Waals surface area contributed by atoms with E-state index < -0.39 is 0 Å². The average molecular weight is 307 g/mol. The van der Waals surface area contributed by atoms with Gasteiger partial charge >= 0.3 is 6.01 Å². The van der Waals surface area contributed by atoms with Gasteiger partial charge in [-0.1, -0.05) is 23.3 Å². The molecular weight excluding hydrogens is 294 g/mol. The Morgan fingerprint density at radius 2 is 1.96 bits per heavy atom. The lowest BCUT2D eigenvalue weighted by Crippen LogP contribution is -2.08. The molecular formula is C15H13N7O. The summed E-state index contributed by atoms with van der Waals surface area (Å²) in [6, 6.07) is 13.8. The molecule has 0 spiro atoms. The van der Waals surface area contributed by atoms with Gasteiger partial charge in [0.05, 0.1) is 16.7 Å². The summed E-state index contributed by atoms with van der Waals surface area (Å²) >= 11 is 0. The Morgan fingerprint density at radius 1 is 1.09 bits per heavy atom. The molecule has 0 atom stereocenters. The molecule has 23 heavy (non-hydrogen) atoms. The lowest BCUT2D eigenvalue weighted by Gasteiger charge is -2.08. The Labute approximate surface area is 131 Å². The summed E-state index contributed by atoms with van der Waals surface area (Å²) in [4.78, 5) is 8.78. The van der Waals surface area contributed by atoms with Gasteiger partial charge in [-0.05, 0) is 34.7 Å². The van der Waals surface area contributed by atoms with Crippen LogP contribution in [-0.2, 0) is 13.7 Å². The summed E-state index contributed by atoms with van der Waals surface area (Å²) in [6.07, 6.45) is 1.73. The van der Waals surface area contributed by atoms with Crippen molar-refractivity contribution in [3.8, 4) is 12.0 Å². The molecule has 8 heteroatoms. The van der Waals surface area contributed by atoms with Crippen LogP contribution in [0.2, 0.25) is 0 Å². The van der Waals surface area contributed by atoms with Gasteiger partial charge in [0, 0.05) is 13.2 Å². The molecule has 0 unspecified atom stereocenters. The molecule has 0 aliphatic rings. The van der Waals surface area contributed by atoms with E-state index in [9.17, 15) is 0 Å². The quantitative estimate of drug-likeness (QED) is 0.568. The summed E-state index contributed by atoms with van der Waals surface area (Å²) in [6.45, 7) is 0.315. The van der Waals surface area contributed by atoms with Crippen LogP contribution in [0.15, 0.2) is 48.7 Å². The first-order valence-corrected chi connectivity index (χ1v) is 7.06. The van der Waals surface area contributed by atoms with E-state index in [4.69, 9.17) is 4.74 Å². The molecule has 0 saturated carbocycles. The standard InChI is InChI=1S/C15H13N7O/c1-21-14(18-19-20-21)22-13-8-3-2-7-12(13)17-15(22)23-10-11-6-4-5-9-16-11/h2-9H,10H2,1H3. The molecule has 0 amide bonds. The Balaban J connectivity index is 1.78. The first-order chi connectivity index (χ1) is 11.3. The monoisotopic (exact) mass is 307 g/mol. The minimum atomic E-state index is 0.315. The highest BCUT2D eigenvalue weighted by Crippen LogP contribution is 2.24. The van der Waals surface area contributed by atoms with Crippen LogP contribution in [0.1, 0.15) is 5.69 Å². The second kappa shape index (κ2) is 5.48. The maximum Gasteiger partial charge on any atom is 0.305 e. The largest absolute Gasteiger partial charge is 0.458 e. The number of nitrogens with zero attached hydrogens (tertiary/aromatic N) is 7. The van der Waals surface area contributed by atoms with Crippen LogP contribution < -0.4 is 4.74 Å². The second-order valence-electron chi connectivity index (χ2n) is 4.93. The molecule has 0 aliphatic carbocycles. The van der Waals surface area contributed by atoms with Gasteiger partial charge in [-0.3, -0.25) is 4.98 Å². The molecule has 0 bridgehead atoms. The molecule has 1 aromatic carbocycles. The Hall–Kier alpha value is -3.29. The van der Waals surface area contributed by atoms with Gasteiger partial charge in [0.25, 0.3) is 5.95 Å². The highest BCUT2D eigenvalue weighted by Gasteiger charge is 2.17. The fourth-order valence-electron chi connectivity index (χ4n) is 2.33. The molecule has 0 aliphatic heterocycles. The van der Waals surface area contributed by atoms with Crippen LogP contribution in [-0.4, -0.2) is 34.7 Å². The third-order valence-electron chi connectivity index (χ3n) is 3.40. The Kier molecular flexibility index (Phi) is 3.19. The lowest BCUT2D eigenvalue weighted by atomic mass is 10.3. The SMILES string of the molecule is Cn1nnnc1-n1c(OCc2ccccn2)nc2ccccc21. The van der Waals surface area contributed by atoms with Crippen LogP contribution in [0.25, 0.3) is 17.0 Å². The normalized spacial score (nSPS) is 11.0. The number of ether oxygens (including phenoxy) is 1. The molecule has 0 N–H and O–H groups in total. The van der Waals surface area contributed by atoms with Crippen molar-refractivity contribution in [3.63, 3.8) is 0 Å². The minimum absolute atomic E-state index is 0.315. The van der Waals surface area contributed by atoms with Gasteiger partial charge < -0.3 is 4.74 Å². The minimum Gasteiger partial charge on any atom is -0.458 e. The van der Waals surface area contributed by atoms with Gasteiger partial charge in [-0.2, -0.15) is 4.98 Å². The van der Waals surface area contributed by atoms with Gasteiger partial charge in [-0.25, -0.2) is 9.25 Å². The summed E-state index contributed by atoms with van der Waals surface area (Å²) in [5.41, 5.74) is 2.51. The van der Waals surface area contributed by atoms with Crippen molar-refractivity contribution in [1.82, 2.24) is 34.7 Å². The fourth-order valence-corrected chi connectivity index (χ4v) is 2.33. The molecule has 0 radical (unpaired) electrons. The van der Waals surface area contributed by atoms with Gasteiger partial charge in [-0.15, -0.1) is 0 Å². The van der Waals surface area contributed by atoms with E-state index >= 15 is 0 Å². The molecule has 4 rings (SSSR count). The van der Waals surface area contributed by atoms with Crippen molar-refractivity contribution in [1.29, 1.82) is 0 Å². The zero-order valence-electron chi connectivity index (χ0n) is 12.4. The number of aromatic nitrogens is 7. The summed E-state index contributed by atoms with van der Waals surface area (Å²) in [5.74, 6) is 0.537. The molecule has 8 nitrogen and oxygen atoms in total. The zero-order chi connectivity index (χ0) is 15.6. The average Bonchev–Trinajstić information content (AvgIpc) is 3.16. The Morgan fingerprint density at radius 3 is 2.74 bits per heavy atom. The van der Waals surface area contributed by atoms with Gasteiger partial charge in [0.1, 0.15) is 6.61 Å². The smallest absolute Gasteiger partial charge is 0.305 e. The predicted molar refractivity (Wildman–Crippen MR) is 82.0 cm³/mol. The highest BCUT2D eigenvalue weighted by molar-refractivity contribution is 5.78. The number of benzene rings is 1. The summed E-state index contributed by atoms with van der Waals surface area (Å²) in [7, 11) is 1.77. The highest BCUT2D eigenvalue weighted by atomic mass is 16.5. The zero-order valence-corrected chi connectivity index (χ0v) is 12.4. The molecule has 4 aromatic rings. The molecule has 3 aromatic heterocycles. The van der Waals surface area contributed by atoms with Crippen LogP contribution in [0.3, 0.4) is 0 Å². The molecule has 114 valence electrons. The van der Waals surface area contributed by atoms with Gasteiger partial charge in [0.2, 0.25) is 0 Å². The van der Waals surface area contributed by atoms with Crippen molar-refractivity contribution in [2.24, 2.45) is 7.05 Å². The summed E-state index contributed by atoms with van der Waals surface area (Å²) in [5, 5.41) is 11.6. The number of fused-ring (bicyclic) bond motifs is 1. The van der Waals surface area contributed by atoms with E-state index in [1.807, 2.05) is 42.5 Å². The maximum absolute atomic E-state index is 5.87. The van der Waals surface area contributed by atoms with Crippen LogP contribution in [0.4, 0.5) is 0 Å². The second-order valence-corrected chi connectivity index (χ2v) is 4.93. The van der Waals surface area contributed by atoms with Gasteiger partial charge in [0.15, 0.2) is 0 Å². The van der Waals surface area contributed by atoms with E-state index in [0.29, 0.717) is 18.6 Å². The van der Waals surface area contributed by atoms with E-state index in [1.165, 1.54) is 0 Å². The number of rotatable bonds is 4. The van der Waals surface area contributed by atoms with E-state index in [1.54, 1.807) is 22.5 Å². The molecule has 0 fully saturated rings. The van der Waals surface area contributed by atoms with Crippen molar-refractivity contribution in [2.75, 3.05) is 0 Å². The summed E-state index contributed by atoms with van der Waals surface area (Å²) < 4.78 is 9.23. The van der Waals surface area contributed by atoms with E-state index in [2.05, 4.69) is 25.5 Å². The van der Waals surface area contributed by atoms with E-state index in [0.717, 1.165) is 16.7 Å². The topological polar surface area (TPSA) is 83.5 Å². The number of pyridine rings is 1. The van der Waals surface area contributed by atoms with Crippen molar-refractivity contribution in [3.05, 3.63) is 54.4 Å². The number of tetrazole rings is 1. The van der Waals surface area contributed by atoms with Crippen molar-refractivity contribution in [2.45, 2.75) is 6.61 Å². The van der Waals surface area contributed by atoms with Crippen LogP contribution >= 0.6 is 0 Å². The maximum atomic E-state index is 5.87. The van der Waals surface area contributed by atoms with E-state index in [-0.39, 0.29) is 0 Å². The number of hydrogen-bond donors (Lipinski definition) is 0. The first-order valence-electron chi connectivity index (χ1n) is 7.06. The fraction of sp³-hybridized carbons (Fsp3) is 0.133. The van der Waals surface area contributed by atoms with Crippen LogP contribution in [0, 0.1) is 0 Å². The number of hydrogen-bond acceptors (Lipinski definition) is 6. The number of aryl methyl sites for hydroxylation is 1. The number of para-hydroxylation sites is 2. The van der Waals surface area contributed by atoms with Crippen LogP contribution in [0.5, 0.6) is 6.01 Å². The Bertz CT molecular complexity index is 945. The molecule has 3 heterocycles. The molecule has 0 saturated heterocycles. The lowest BCUT2D eigenvalue weighted by molar-refractivity contribution is 0.272. The third kappa shape index (κ3) is 2.39. The third-order valence-corrected chi connectivity index (χ3v) is 3.40.